The van der Waals surface area contributed by atoms with Gasteiger partial charge in [0.2, 0.25) is 0 Å². The summed E-state index contributed by atoms with van der Waals surface area (Å²) in [5.74, 6) is 0.156. The monoisotopic (exact) mass is 201 g/mol. The van der Waals surface area contributed by atoms with E-state index in [-0.39, 0.29) is 16.6 Å². The van der Waals surface area contributed by atoms with Crippen molar-refractivity contribution in [1.82, 2.24) is 0 Å². The lowest BCUT2D eigenvalue weighted by atomic mass is 9.90. The molecule has 3 nitrogen and oxygen atoms in total. The molecule has 0 bridgehead atoms. The third-order valence-corrected chi connectivity index (χ3v) is 2.46. The highest BCUT2D eigenvalue weighted by molar-refractivity contribution is 5.81. The van der Waals surface area contributed by atoms with Crippen LogP contribution in [0.3, 0.4) is 0 Å². The molecule has 14 heavy (non-hydrogen) atoms. The Kier molecular flexibility index (Phi) is 4.75. The lowest BCUT2D eigenvalue weighted by Crippen LogP contribution is -2.33. The number of ketones is 1. The summed E-state index contributed by atoms with van der Waals surface area (Å²) in [6.07, 6.45) is 0. The Morgan fingerprint density at radius 3 is 2.07 bits per heavy atom. The Morgan fingerprint density at radius 2 is 1.71 bits per heavy atom. The second-order valence-corrected chi connectivity index (χ2v) is 5.30. The molecule has 0 radical (unpaired) electrons. The summed E-state index contributed by atoms with van der Waals surface area (Å²) < 4.78 is 5.51. The van der Waals surface area contributed by atoms with Crippen LogP contribution >= 0.6 is 0 Å². The molecular formula is C11H23NO2. The fourth-order valence-electron chi connectivity index (χ4n) is 0.743. The number of ether oxygens (including phenoxy) is 1. The highest BCUT2D eigenvalue weighted by Gasteiger charge is 2.25. The molecule has 0 aromatic rings. The van der Waals surface area contributed by atoms with E-state index in [1.165, 1.54) is 0 Å². The van der Waals surface area contributed by atoms with E-state index in [1.54, 1.807) is 6.92 Å². The Morgan fingerprint density at radius 1 is 1.21 bits per heavy atom. The van der Waals surface area contributed by atoms with Crippen LogP contribution in [-0.2, 0) is 9.53 Å². The minimum atomic E-state index is -0.384. The van der Waals surface area contributed by atoms with E-state index in [0.717, 1.165) is 0 Å². The van der Waals surface area contributed by atoms with Crippen molar-refractivity contribution in [3.8, 4) is 0 Å². The molecule has 2 N–H and O–H groups in total. The van der Waals surface area contributed by atoms with Crippen molar-refractivity contribution in [2.24, 2.45) is 16.6 Å². The van der Waals surface area contributed by atoms with Crippen LogP contribution in [0.15, 0.2) is 0 Å². The number of carbonyl (C=O) groups excluding carboxylic acids is 1. The van der Waals surface area contributed by atoms with Gasteiger partial charge in [0, 0.05) is 10.8 Å². The molecule has 3 heteroatoms. The van der Waals surface area contributed by atoms with Crippen LogP contribution in [0.1, 0.15) is 34.6 Å². The maximum atomic E-state index is 11.2. The minimum absolute atomic E-state index is 0.00707. The molecule has 0 fully saturated rings. The molecule has 0 aromatic heterocycles. The van der Waals surface area contributed by atoms with E-state index in [1.807, 2.05) is 27.7 Å². The minimum Gasteiger partial charge on any atom is -0.380 e. The van der Waals surface area contributed by atoms with Gasteiger partial charge in [0.25, 0.3) is 0 Å². The predicted molar refractivity (Wildman–Crippen MR) is 58.1 cm³/mol. The van der Waals surface area contributed by atoms with Gasteiger partial charge in [-0.1, -0.05) is 27.7 Å². The molecule has 0 aromatic carbocycles. The Bertz CT molecular complexity index is 197. The molecule has 0 saturated heterocycles. The standard InChI is InChI=1S/C11H23NO2/c1-9(13)11(4,5)8-14-7-10(2,3)6-12/h6-8,12H2,1-5H3. The van der Waals surface area contributed by atoms with E-state index in [4.69, 9.17) is 10.5 Å². The first kappa shape index (κ1) is 13.6. The Balaban J connectivity index is 3.91. The average Bonchev–Trinajstić information content (AvgIpc) is 2.03. The Hall–Kier alpha value is -0.410. The number of hydrogen-bond acceptors (Lipinski definition) is 3. The molecule has 0 heterocycles. The van der Waals surface area contributed by atoms with Crippen molar-refractivity contribution in [1.29, 1.82) is 0 Å². The van der Waals surface area contributed by atoms with Crippen LogP contribution in [0.5, 0.6) is 0 Å². The van der Waals surface area contributed by atoms with Gasteiger partial charge in [0.15, 0.2) is 0 Å². The van der Waals surface area contributed by atoms with Gasteiger partial charge in [-0.3, -0.25) is 4.79 Å². The summed E-state index contributed by atoms with van der Waals surface area (Å²) in [6, 6.07) is 0. The first-order valence-corrected chi connectivity index (χ1v) is 5.00. The molecule has 0 amide bonds. The highest BCUT2D eigenvalue weighted by atomic mass is 16.5. The summed E-state index contributed by atoms with van der Waals surface area (Å²) >= 11 is 0. The molecule has 0 aliphatic carbocycles. The SMILES string of the molecule is CC(=O)C(C)(C)COCC(C)(C)CN. The van der Waals surface area contributed by atoms with Crippen LogP contribution in [0, 0.1) is 10.8 Å². The summed E-state index contributed by atoms with van der Waals surface area (Å²) in [6.45, 7) is 11.1. The molecule has 0 aliphatic rings. The number of rotatable bonds is 6. The summed E-state index contributed by atoms with van der Waals surface area (Å²) in [4.78, 5) is 11.2. The summed E-state index contributed by atoms with van der Waals surface area (Å²) in [5.41, 5.74) is 5.18. The third kappa shape index (κ3) is 4.72. The van der Waals surface area contributed by atoms with Gasteiger partial charge in [-0.2, -0.15) is 0 Å². The van der Waals surface area contributed by atoms with Crippen molar-refractivity contribution in [3.63, 3.8) is 0 Å². The van der Waals surface area contributed by atoms with Gasteiger partial charge >= 0.3 is 0 Å². The van der Waals surface area contributed by atoms with Gasteiger partial charge in [0.05, 0.1) is 13.2 Å². The van der Waals surface area contributed by atoms with Gasteiger partial charge < -0.3 is 10.5 Å². The molecular weight excluding hydrogens is 178 g/mol. The molecule has 0 rings (SSSR count). The normalized spacial score (nSPS) is 13.0. The second kappa shape index (κ2) is 4.89. The second-order valence-electron chi connectivity index (χ2n) is 5.30. The van der Waals surface area contributed by atoms with Crippen molar-refractivity contribution >= 4 is 5.78 Å². The van der Waals surface area contributed by atoms with E-state index < -0.39 is 0 Å². The van der Waals surface area contributed by atoms with Crippen LogP contribution in [0.2, 0.25) is 0 Å². The zero-order valence-corrected chi connectivity index (χ0v) is 10.0. The topological polar surface area (TPSA) is 52.3 Å². The molecule has 0 unspecified atom stereocenters. The van der Waals surface area contributed by atoms with Gasteiger partial charge in [-0.05, 0) is 13.5 Å². The van der Waals surface area contributed by atoms with Crippen LogP contribution in [0.4, 0.5) is 0 Å². The van der Waals surface area contributed by atoms with Crippen molar-refractivity contribution in [2.75, 3.05) is 19.8 Å². The van der Waals surface area contributed by atoms with Crippen LogP contribution in [-0.4, -0.2) is 25.5 Å². The van der Waals surface area contributed by atoms with Crippen LogP contribution < -0.4 is 5.73 Å². The lowest BCUT2D eigenvalue weighted by Gasteiger charge is -2.26. The number of Topliss-reactive ketones (excluding diaryl/α,β-unsaturated/α-hetero) is 1. The quantitative estimate of drug-likeness (QED) is 0.710. The number of carbonyl (C=O) groups is 1. The van der Waals surface area contributed by atoms with E-state index in [0.29, 0.717) is 19.8 Å². The van der Waals surface area contributed by atoms with E-state index in [2.05, 4.69) is 0 Å². The van der Waals surface area contributed by atoms with Gasteiger partial charge in [-0.15, -0.1) is 0 Å². The first-order chi connectivity index (χ1) is 6.21. The zero-order chi connectivity index (χ0) is 11.4. The van der Waals surface area contributed by atoms with E-state index >= 15 is 0 Å². The largest absolute Gasteiger partial charge is 0.380 e. The maximum Gasteiger partial charge on any atom is 0.137 e. The Labute approximate surface area is 87.0 Å². The van der Waals surface area contributed by atoms with Crippen molar-refractivity contribution in [3.05, 3.63) is 0 Å². The molecule has 84 valence electrons. The smallest absolute Gasteiger partial charge is 0.137 e. The molecule has 0 saturated carbocycles. The summed E-state index contributed by atoms with van der Waals surface area (Å²) in [7, 11) is 0. The zero-order valence-electron chi connectivity index (χ0n) is 10.0. The third-order valence-electron chi connectivity index (χ3n) is 2.46. The van der Waals surface area contributed by atoms with Gasteiger partial charge in [-0.25, -0.2) is 0 Å². The van der Waals surface area contributed by atoms with Crippen LogP contribution in [0.25, 0.3) is 0 Å². The molecule has 0 atom stereocenters. The number of hydrogen-bond donors (Lipinski definition) is 1. The summed E-state index contributed by atoms with van der Waals surface area (Å²) in [5, 5.41) is 0. The van der Waals surface area contributed by atoms with Gasteiger partial charge in [0.1, 0.15) is 5.78 Å². The van der Waals surface area contributed by atoms with Crippen molar-refractivity contribution < 1.29 is 9.53 Å². The fourth-order valence-corrected chi connectivity index (χ4v) is 0.743. The maximum absolute atomic E-state index is 11.2. The van der Waals surface area contributed by atoms with E-state index in [9.17, 15) is 4.79 Å². The predicted octanol–water partition coefficient (Wildman–Crippen LogP) is 1.60. The fraction of sp³-hybridized carbons (Fsp3) is 0.909. The highest BCUT2D eigenvalue weighted by Crippen LogP contribution is 2.19. The molecule has 0 aliphatic heterocycles. The first-order valence-electron chi connectivity index (χ1n) is 5.00. The molecule has 0 spiro atoms. The average molecular weight is 201 g/mol. The lowest BCUT2D eigenvalue weighted by molar-refractivity contribution is -0.128. The number of nitrogens with two attached hydrogens (primary N) is 1. The van der Waals surface area contributed by atoms with Crippen molar-refractivity contribution in [2.45, 2.75) is 34.6 Å².